The minimum Gasteiger partial charge on any atom is -0.479 e. The molecule has 4 rings (SSSR count). The van der Waals surface area contributed by atoms with Crippen LogP contribution in [0.1, 0.15) is 13.8 Å². The van der Waals surface area contributed by atoms with Crippen molar-refractivity contribution in [1.82, 2.24) is 10.6 Å². The van der Waals surface area contributed by atoms with E-state index in [1.807, 2.05) is 0 Å². The fourth-order valence-corrected chi connectivity index (χ4v) is 7.20. The molecule has 4 aliphatic rings. The second-order valence-electron chi connectivity index (χ2n) is 13.7. The lowest BCUT2D eigenvalue weighted by Gasteiger charge is -2.49. The highest BCUT2D eigenvalue weighted by Crippen LogP contribution is 2.35. The Hall–Kier alpha value is -2.98. The van der Waals surface area contributed by atoms with Gasteiger partial charge in [-0.15, -0.1) is 0 Å². The number of nitrogens with one attached hydrogen (secondary N) is 2. The molecule has 20 atom stereocenters. The minimum absolute atomic E-state index is 0.851. The van der Waals surface area contributed by atoms with Crippen LogP contribution < -0.4 is 10.6 Å². The summed E-state index contributed by atoms with van der Waals surface area (Å²) >= 11 is 0. The number of hydrogen-bond donors (Lipinski definition) is 14. The van der Waals surface area contributed by atoms with Crippen LogP contribution in [-0.2, 0) is 81.5 Å². The number of aliphatic hydroxyl groups is 8. The van der Waals surface area contributed by atoms with E-state index in [1.165, 1.54) is 0 Å². The molecule has 0 aromatic heterocycles. The Morgan fingerprint density at radius 2 is 0.918 bits per heavy atom. The molecule has 0 unspecified atom stereocenters. The maximum absolute atomic E-state index is 12.5. The van der Waals surface area contributed by atoms with Crippen molar-refractivity contribution in [1.29, 1.82) is 0 Å². The van der Waals surface area contributed by atoms with E-state index in [9.17, 15) is 91.6 Å². The number of amides is 2. The van der Waals surface area contributed by atoms with Gasteiger partial charge in [0.2, 0.25) is 11.8 Å². The van der Waals surface area contributed by atoms with Gasteiger partial charge in [0.25, 0.3) is 0 Å². The molecule has 0 aliphatic carbocycles. The first-order valence-corrected chi connectivity index (χ1v) is 20.1. The number of hydrogen-bond acceptors (Lipinski definition) is 25. The number of aliphatic carboxylic acids is 2. The first-order valence-electron chi connectivity index (χ1n) is 17.4. The third-order valence-electron chi connectivity index (χ3n) is 9.34. The zero-order chi connectivity index (χ0) is 46.0. The van der Waals surface area contributed by atoms with Crippen LogP contribution in [0.2, 0.25) is 0 Å². The topological polar surface area (TPSA) is 486 Å². The third kappa shape index (κ3) is 12.6. The summed E-state index contributed by atoms with van der Waals surface area (Å²) in [6, 6.07) is -3.77. The van der Waals surface area contributed by atoms with Crippen LogP contribution in [0, 0.1) is 0 Å². The molecule has 31 nitrogen and oxygen atoms in total. The fourth-order valence-electron chi connectivity index (χ4n) is 6.59. The lowest BCUT2D eigenvalue weighted by atomic mass is 9.94. The standard InChI is InChI=1S/C28H44N2O29S2/c1-5(31)29-9-11(33)18(7(53-25(9)44)3-51-60(45,46)47)55-28-17(39)15(37)20(22(59-28)24(42)43)57-26-10(30-6(2)32)12(34)19(8(54-26)4-52-61(48,49)50)56-27-16(38)13(35)14(36)21(58-27)23(40)41/h7-22,25-28,33-39,44H,3-4H2,1-2H3,(H,29,31)(H,30,32)(H,40,41)(H,42,43)(H,45,46,47)(H,48,49,50)/t7-,8-,9-,10-,11-,12-,13+,14+,15-,16-,17-,18-,19-,20+,21-,22+,25-,26+,27-,28+/m1/s1. The molecule has 2 amide bonds. The molecular formula is C28H44N2O29S2. The van der Waals surface area contributed by atoms with Gasteiger partial charge in [-0.3, -0.25) is 18.7 Å². The average Bonchev–Trinajstić information content (AvgIpc) is 3.13. The van der Waals surface area contributed by atoms with Crippen LogP contribution in [0.15, 0.2) is 0 Å². The Balaban J connectivity index is 1.64. The lowest BCUT2D eigenvalue weighted by Crippen LogP contribution is -2.70. The summed E-state index contributed by atoms with van der Waals surface area (Å²) in [5.41, 5.74) is 0. The van der Waals surface area contributed by atoms with Crippen molar-refractivity contribution < 1.29 is 138 Å². The van der Waals surface area contributed by atoms with Gasteiger partial charge in [0.1, 0.15) is 85.3 Å². The number of carbonyl (C=O) groups excluding carboxylic acids is 2. The molecular weight excluding hydrogens is 892 g/mol. The smallest absolute Gasteiger partial charge is 0.397 e. The summed E-state index contributed by atoms with van der Waals surface area (Å²) in [5.74, 6) is -5.74. The summed E-state index contributed by atoms with van der Waals surface area (Å²) < 4.78 is 110. The van der Waals surface area contributed by atoms with Gasteiger partial charge in [-0.2, -0.15) is 16.8 Å². The highest BCUT2D eigenvalue weighted by atomic mass is 32.3. The highest BCUT2D eigenvalue weighted by Gasteiger charge is 2.57. The normalized spacial score (nSPS) is 42.3. The van der Waals surface area contributed by atoms with Crippen molar-refractivity contribution in [3.63, 3.8) is 0 Å². The van der Waals surface area contributed by atoms with Gasteiger partial charge in [0.15, 0.2) is 37.4 Å². The van der Waals surface area contributed by atoms with Gasteiger partial charge in [-0.25, -0.2) is 18.0 Å². The van der Waals surface area contributed by atoms with Gasteiger partial charge in [0, 0.05) is 13.8 Å². The van der Waals surface area contributed by atoms with Crippen molar-refractivity contribution >= 4 is 44.6 Å². The van der Waals surface area contributed by atoms with Crippen LogP contribution in [0.25, 0.3) is 0 Å². The quantitative estimate of drug-likeness (QED) is 0.0639. The van der Waals surface area contributed by atoms with Crippen LogP contribution >= 0.6 is 0 Å². The predicted octanol–water partition coefficient (Wildman–Crippen LogP) is -9.62. The van der Waals surface area contributed by atoms with Crippen molar-refractivity contribution in [2.45, 2.75) is 137 Å². The number of ether oxygens (including phenoxy) is 7. The lowest BCUT2D eigenvalue weighted by molar-refractivity contribution is -0.370. The predicted molar refractivity (Wildman–Crippen MR) is 179 cm³/mol. The molecule has 4 aliphatic heterocycles. The van der Waals surface area contributed by atoms with Gasteiger partial charge in [0.05, 0.1) is 13.2 Å². The van der Waals surface area contributed by atoms with Gasteiger partial charge in [-0.05, 0) is 0 Å². The molecule has 61 heavy (non-hydrogen) atoms. The Labute approximate surface area is 342 Å². The molecule has 4 saturated heterocycles. The van der Waals surface area contributed by atoms with Crippen LogP contribution in [0.5, 0.6) is 0 Å². The Morgan fingerprint density at radius 3 is 1.38 bits per heavy atom. The Kier molecular flexibility index (Phi) is 16.8. The second-order valence-corrected chi connectivity index (χ2v) is 15.9. The van der Waals surface area contributed by atoms with Gasteiger partial charge >= 0.3 is 32.7 Å². The zero-order valence-electron chi connectivity index (χ0n) is 31.1. The number of carboxylic acids is 2. The van der Waals surface area contributed by atoms with E-state index in [0.717, 1.165) is 13.8 Å². The van der Waals surface area contributed by atoms with Crippen LogP contribution in [-0.4, -0.2) is 237 Å². The second kappa shape index (κ2) is 20.2. The van der Waals surface area contributed by atoms with E-state index < -0.39 is 180 Å². The Morgan fingerprint density at radius 1 is 0.508 bits per heavy atom. The first kappa shape index (κ1) is 50.7. The first-order chi connectivity index (χ1) is 28.1. The van der Waals surface area contributed by atoms with E-state index in [1.54, 1.807) is 0 Å². The average molecular weight is 937 g/mol. The van der Waals surface area contributed by atoms with E-state index in [-0.39, 0.29) is 0 Å². The molecule has 0 bridgehead atoms. The molecule has 0 spiro atoms. The minimum atomic E-state index is -5.36. The maximum atomic E-state index is 12.5. The SMILES string of the molecule is CC(=O)N[C@@H]1[C@@H](O)[C@H](O[C@H]2O[C@H](C(=O)O)[C@@H](O[C@@H]3O[C@H](COS(=O)(=O)O)[C@@H](O[C@@H]4O[C@@H](C(=O)O)[C@@H](O)[C@H](O)[C@H]4O)[C@H](O)[C@H]3NC(C)=O)[C@H](O)[C@H]2O)[C@@H](COS(=O)(=O)O)O[C@H]1O. The Bertz CT molecular complexity index is 1790. The van der Waals surface area contributed by atoms with Crippen molar-refractivity contribution in [3.8, 4) is 0 Å². The van der Waals surface area contributed by atoms with E-state index in [2.05, 4.69) is 19.0 Å². The summed E-state index contributed by atoms with van der Waals surface area (Å²) in [6.45, 7) is -0.765. The summed E-state index contributed by atoms with van der Waals surface area (Å²) in [7, 11) is -10.6. The molecule has 0 saturated carbocycles. The van der Waals surface area contributed by atoms with Crippen LogP contribution in [0.4, 0.5) is 0 Å². The molecule has 0 aromatic carbocycles. The van der Waals surface area contributed by atoms with E-state index in [4.69, 9.17) is 37.7 Å². The van der Waals surface area contributed by atoms with Crippen molar-refractivity contribution in [2.75, 3.05) is 13.2 Å². The number of aliphatic hydroxyl groups excluding tert-OH is 8. The van der Waals surface area contributed by atoms with Crippen molar-refractivity contribution in [3.05, 3.63) is 0 Å². The fraction of sp³-hybridized carbons (Fsp3) is 0.857. The van der Waals surface area contributed by atoms with Gasteiger partial charge < -0.3 is 94.9 Å². The van der Waals surface area contributed by atoms with Gasteiger partial charge in [-0.1, -0.05) is 0 Å². The van der Waals surface area contributed by atoms with Crippen LogP contribution in [0.3, 0.4) is 0 Å². The number of carboxylic acid groups (broad SMARTS) is 2. The molecule has 0 radical (unpaired) electrons. The van der Waals surface area contributed by atoms with E-state index in [0.29, 0.717) is 0 Å². The summed E-state index contributed by atoms with van der Waals surface area (Å²) in [4.78, 5) is 48.2. The highest BCUT2D eigenvalue weighted by molar-refractivity contribution is 7.81. The molecule has 33 heteroatoms. The molecule has 4 fully saturated rings. The zero-order valence-corrected chi connectivity index (χ0v) is 32.7. The molecule has 352 valence electrons. The number of rotatable bonds is 16. The van der Waals surface area contributed by atoms with Crippen molar-refractivity contribution in [2.24, 2.45) is 0 Å². The monoisotopic (exact) mass is 936 g/mol. The largest absolute Gasteiger partial charge is 0.479 e. The molecule has 4 heterocycles. The third-order valence-corrected chi connectivity index (χ3v) is 10.2. The summed E-state index contributed by atoms with van der Waals surface area (Å²) in [6.07, 6.45) is -40.6. The summed E-state index contributed by atoms with van der Waals surface area (Å²) in [5, 5.41) is 110. The van der Waals surface area contributed by atoms with E-state index >= 15 is 0 Å². The molecule has 14 N–H and O–H groups in total. The number of carbonyl (C=O) groups is 4. The molecule has 0 aromatic rings. The maximum Gasteiger partial charge on any atom is 0.397 e.